The maximum absolute atomic E-state index is 5.80. The van der Waals surface area contributed by atoms with Gasteiger partial charge in [-0.05, 0) is 36.8 Å². The predicted octanol–water partition coefficient (Wildman–Crippen LogP) is 2.62. The van der Waals surface area contributed by atoms with Gasteiger partial charge in [0, 0.05) is 12.5 Å². The molecular weight excluding hydrogens is 248 g/mol. The van der Waals surface area contributed by atoms with Gasteiger partial charge in [0.05, 0.1) is 6.54 Å². The fourth-order valence-electron chi connectivity index (χ4n) is 3.25. The predicted molar refractivity (Wildman–Crippen MR) is 79.4 cm³/mol. The van der Waals surface area contributed by atoms with Gasteiger partial charge in [-0.25, -0.2) is 0 Å². The van der Waals surface area contributed by atoms with Crippen LogP contribution in [0.5, 0.6) is 0 Å². The van der Waals surface area contributed by atoms with E-state index in [2.05, 4.69) is 46.0 Å². The smallest absolute Gasteiger partial charge is 0.146 e. The molecule has 1 aromatic heterocycles. The maximum Gasteiger partial charge on any atom is 0.146 e. The number of fused-ring (bicyclic) bond motifs is 1. The van der Waals surface area contributed by atoms with Gasteiger partial charge in [-0.2, -0.15) is 0 Å². The summed E-state index contributed by atoms with van der Waals surface area (Å²) in [7, 11) is 0. The monoisotopic (exact) mass is 270 g/mol. The van der Waals surface area contributed by atoms with E-state index in [4.69, 9.17) is 5.73 Å². The Bertz CT molecular complexity index is 588. The topological polar surface area (TPSA) is 56.7 Å². The van der Waals surface area contributed by atoms with Crippen LogP contribution in [0.2, 0.25) is 0 Å². The number of hydrogen-bond donors (Lipinski definition) is 1. The molecular formula is C16H22N4. The molecule has 0 radical (unpaired) electrons. The lowest BCUT2D eigenvalue weighted by molar-refractivity contribution is 0.536. The van der Waals surface area contributed by atoms with Gasteiger partial charge in [-0.3, -0.25) is 0 Å². The summed E-state index contributed by atoms with van der Waals surface area (Å²) in [6.07, 6.45) is 4.63. The van der Waals surface area contributed by atoms with Crippen LogP contribution in [0.4, 0.5) is 0 Å². The van der Waals surface area contributed by atoms with Crippen molar-refractivity contribution in [3.8, 4) is 0 Å². The molecule has 1 heterocycles. The van der Waals surface area contributed by atoms with Crippen LogP contribution in [-0.4, -0.2) is 14.8 Å². The minimum Gasteiger partial charge on any atom is -0.324 e. The first-order chi connectivity index (χ1) is 9.85. The molecule has 2 N–H and O–H groups in total. The second kappa shape index (κ2) is 5.75. The summed E-state index contributed by atoms with van der Waals surface area (Å²) in [5.74, 6) is 2.38. The average Bonchev–Trinajstić information content (AvgIpc) is 2.90. The molecule has 0 saturated heterocycles. The van der Waals surface area contributed by atoms with Crippen molar-refractivity contribution >= 4 is 0 Å². The third-order valence-corrected chi connectivity index (χ3v) is 4.17. The number of benzene rings is 1. The third kappa shape index (κ3) is 2.24. The number of rotatable bonds is 4. The molecule has 0 amide bonds. The lowest BCUT2D eigenvalue weighted by Crippen LogP contribution is -2.18. The zero-order chi connectivity index (χ0) is 13.9. The molecule has 20 heavy (non-hydrogen) atoms. The van der Waals surface area contributed by atoms with Gasteiger partial charge < -0.3 is 10.3 Å². The molecule has 2 aromatic rings. The third-order valence-electron chi connectivity index (χ3n) is 4.17. The van der Waals surface area contributed by atoms with E-state index in [1.807, 2.05) is 0 Å². The molecule has 1 atom stereocenters. The van der Waals surface area contributed by atoms with E-state index in [1.165, 1.54) is 24.0 Å². The minimum absolute atomic E-state index is 0.374. The van der Waals surface area contributed by atoms with Gasteiger partial charge >= 0.3 is 0 Å². The van der Waals surface area contributed by atoms with Crippen molar-refractivity contribution in [1.82, 2.24) is 14.8 Å². The van der Waals surface area contributed by atoms with Crippen LogP contribution in [0.3, 0.4) is 0 Å². The molecule has 1 aliphatic carbocycles. The summed E-state index contributed by atoms with van der Waals surface area (Å²) < 4.78 is 2.23. The first kappa shape index (κ1) is 13.3. The normalized spacial score (nSPS) is 18.0. The molecule has 1 aromatic carbocycles. The SMILES string of the molecule is CCCn1c(CN)nnc1C1CCCc2ccccc21. The Balaban J connectivity index is 2.04. The van der Waals surface area contributed by atoms with Gasteiger partial charge in [-0.15, -0.1) is 10.2 Å². The highest BCUT2D eigenvalue weighted by molar-refractivity contribution is 5.36. The molecule has 4 nitrogen and oxygen atoms in total. The maximum atomic E-state index is 5.80. The van der Waals surface area contributed by atoms with E-state index < -0.39 is 0 Å². The van der Waals surface area contributed by atoms with Crippen LogP contribution in [-0.2, 0) is 19.5 Å². The molecule has 4 heteroatoms. The Labute approximate surface area is 120 Å². The van der Waals surface area contributed by atoms with Crippen LogP contribution in [0.1, 0.15) is 54.9 Å². The lowest BCUT2D eigenvalue weighted by Gasteiger charge is -2.25. The van der Waals surface area contributed by atoms with E-state index >= 15 is 0 Å². The number of hydrogen-bond acceptors (Lipinski definition) is 3. The van der Waals surface area contributed by atoms with Gasteiger partial charge in [-0.1, -0.05) is 31.2 Å². The van der Waals surface area contributed by atoms with Crippen LogP contribution in [0, 0.1) is 0 Å². The molecule has 1 aliphatic rings. The number of nitrogens with zero attached hydrogens (tertiary/aromatic N) is 3. The highest BCUT2D eigenvalue weighted by Crippen LogP contribution is 2.35. The van der Waals surface area contributed by atoms with Gasteiger partial charge in [0.15, 0.2) is 0 Å². The molecule has 0 bridgehead atoms. The molecule has 0 saturated carbocycles. The standard InChI is InChI=1S/C16H22N4/c1-2-10-20-15(11-17)18-19-16(20)14-9-5-7-12-6-3-4-8-13(12)14/h3-4,6,8,14H,2,5,7,9-11,17H2,1H3. The average molecular weight is 270 g/mol. The zero-order valence-electron chi connectivity index (χ0n) is 12.0. The summed E-state index contributed by atoms with van der Waals surface area (Å²) in [5.41, 5.74) is 8.68. The molecule has 3 rings (SSSR count). The summed E-state index contributed by atoms with van der Waals surface area (Å²) in [6.45, 7) is 3.59. The largest absolute Gasteiger partial charge is 0.324 e. The van der Waals surface area contributed by atoms with Gasteiger partial charge in [0.1, 0.15) is 11.6 Å². The fraction of sp³-hybridized carbons (Fsp3) is 0.500. The Morgan fingerprint density at radius 3 is 2.95 bits per heavy atom. The van der Waals surface area contributed by atoms with Crippen LogP contribution >= 0.6 is 0 Å². The van der Waals surface area contributed by atoms with Crippen LogP contribution in [0.25, 0.3) is 0 Å². The van der Waals surface area contributed by atoms with Crippen molar-refractivity contribution < 1.29 is 0 Å². The highest BCUT2D eigenvalue weighted by atomic mass is 15.3. The second-order valence-corrected chi connectivity index (χ2v) is 5.47. The minimum atomic E-state index is 0.374. The highest BCUT2D eigenvalue weighted by Gasteiger charge is 2.26. The van der Waals surface area contributed by atoms with E-state index in [0.717, 1.165) is 31.0 Å². The first-order valence-corrected chi connectivity index (χ1v) is 7.55. The molecule has 106 valence electrons. The van der Waals surface area contributed by atoms with E-state index in [9.17, 15) is 0 Å². The Kier molecular flexibility index (Phi) is 3.83. The van der Waals surface area contributed by atoms with Crippen molar-refractivity contribution in [2.45, 2.75) is 51.6 Å². The summed E-state index contributed by atoms with van der Waals surface area (Å²) in [6, 6.07) is 8.74. The van der Waals surface area contributed by atoms with Crippen LogP contribution in [0.15, 0.2) is 24.3 Å². The van der Waals surface area contributed by atoms with Crippen molar-refractivity contribution in [3.05, 3.63) is 47.0 Å². The molecule has 1 unspecified atom stereocenters. The quantitative estimate of drug-likeness (QED) is 0.929. The van der Waals surface area contributed by atoms with Gasteiger partial charge in [0.2, 0.25) is 0 Å². The van der Waals surface area contributed by atoms with Crippen molar-refractivity contribution in [1.29, 1.82) is 0 Å². The van der Waals surface area contributed by atoms with Crippen LogP contribution < -0.4 is 5.73 Å². The number of aryl methyl sites for hydroxylation is 1. The summed E-state index contributed by atoms with van der Waals surface area (Å²) >= 11 is 0. The Morgan fingerprint density at radius 2 is 2.15 bits per heavy atom. The number of aromatic nitrogens is 3. The van der Waals surface area contributed by atoms with Crippen molar-refractivity contribution in [3.63, 3.8) is 0 Å². The first-order valence-electron chi connectivity index (χ1n) is 7.55. The lowest BCUT2D eigenvalue weighted by atomic mass is 9.82. The summed E-state index contributed by atoms with van der Waals surface area (Å²) in [4.78, 5) is 0. The second-order valence-electron chi connectivity index (χ2n) is 5.47. The summed E-state index contributed by atoms with van der Waals surface area (Å²) in [5, 5.41) is 8.75. The number of nitrogens with two attached hydrogens (primary N) is 1. The van der Waals surface area contributed by atoms with Crippen molar-refractivity contribution in [2.75, 3.05) is 0 Å². The molecule has 0 fully saturated rings. The zero-order valence-corrected chi connectivity index (χ0v) is 12.0. The van der Waals surface area contributed by atoms with Gasteiger partial charge in [0.25, 0.3) is 0 Å². The Hall–Kier alpha value is -1.68. The fourth-order valence-corrected chi connectivity index (χ4v) is 3.25. The van der Waals surface area contributed by atoms with E-state index in [0.29, 0.717) is 12.5 Å². The van der Waals surface area contributed by atoms with Crippen molar-refractivity contribution in [2.24, 2.45) is 5.73 Å². The molecule has 0 aliphatic heterocycles. The Morgan fingerprint density at radius 1 is 1.30 bits per heavy atom. The van der Waals surface area contributed by atoms with E-state index in [-0.39, 0.29) is 0 Å². The molecule has 0 spiro atoms. The van der Waals surface area contributed by atoms with E-state index in [1.54, 1.807) is 0 Å².